The molecule has 5 rings (SSSR count). The Morgan fingerprint density at radius 3 is 2.51 bits per heavy atom. The number of esters is 1. The number of carbonyl (C=O) groups is 4. The second-order valence-corrected chi connectivity index (χ2v) is 13.6. The molecule has 4 aliphatic rings. The van der Waals surface area contributed by atoms with Crippen LogP contribution in [-0.2, 0) is 28.7 Å². The lowest BCUT2D eigenvalue weighted by Gasteiger charge is -2.42. The van der Waals surface area contributed by atoms with E-state index in [1.165, 1.54) is 4.90 Å². The minimum Gasteiger partial charge on any atom is -0.455 e. The number of rotatable bonds is 15. The first-order valence-electron chi connectivity index (χ1n) is 17.4. The molecule has 1 aromatic carbocycles. The average molecular weight is 650 g/mol. The summed E-state index contributed by atoms with van der Waals surface area (Å²) in [5.74, 6) is -3.17. The highest BCUT2D eigenvalue weighted by atomic mass is 16.6. The van der Waals surface area contributed by atoms with Crippen LogP contribution in [0.4, 0.5) is 0 Å². The Kier molecular flexibility index (Phi) is 11.2. The number of likely N-dealkylation sites (tertiary alicyclic amines) is 1. The summed E-state index contributed by atoms with van der Waals surface area (Å²) in [6.07, 6.45) is 9.15. The Hall–Kier alpha value is -3.50. The van der Waals surface area contributed by atoms with Gasteiger partial charge in [-0.3, -0.25) is 19.2 Å². The van der Waals surface area contributed by atoms with Crippen LogP contribution < -0.4 is 5.32 Å². The minimum absolute atomic E-state index is 0.0324. The quantitative estimate of drug-likeness (QED) is 0.215. The highest BCUT2D eigenvalue weighted by Gasteiger charge is 2.75. The topological polar surface area (TPSA) is 125 Å². The second-order valence-electron chi connectivity index (χ2n) is 13.6. The van der Waals surface area contributed by atoms with Gasteiger partial charge in [-0.05, 0) is 51.0 Å². The van der Waals surface area contributed by atoms with E-state index < -0.39 is 53.7 Å². The van der Waals surface area contributed by atoms with E-state index in [9.17, 15) is 24.3 Å². The summed E-state index contributed by atoms with van der Waals surface area (Å²) in [5, 5.41) is 13.4. The number of amides is 3. The smallest absolute Gasteiger partial charge is 0.313 e. The largest absolute Gasteiger partial charge is 0.455 e. The third-order valence-electron chi connectivity index (χ3n) is 10.7. The summed E-state index contributed by atoms with van der Waals surface area (Å²) in [4.78, 5) is 59.5. The van der Waals surface area contributed by atoms with E-state index in [1.54, 1.807) is 19.1 Å². The molecule has 3 aliphatic heterocycles. The fraction of sp³-hybridized carbons (Fsp3) is 0.622. The van der Waals surface area contributed by atoms with E-state index in [1.807, 2.05) is 42.2 Å². The average Bonchev–Trinajstić information content (AvgIpc) is 3.73. The predicted molar refractivity (Wildman–Crippen MR) is 177 cm³/mol. The van der Waals surface area contributed by atoms with Gasteiger partial charge in [0, 0.05) is 19.0 Å². The molecule has 3 amide bonds. The molecule has 8 atom stereocenters. The highest BCUT2D eigenvalue weighted by Crippen LogP contribution is 2.59. The van der Waals surface area contributed by atoms with Crippen LogP contribution >= 0.6 is 0 Å². The van der Waals surface area contributed by atoms with Gasteiger partial charge in [-0.15, -0.1) is 13.2 Å². The number of nitrogens with one attached hydrogen (secondary N) is 1. The molecule has 1 saturated carbocycles. The van der Waals surface area contributed by atoms with Crippen molar-refractivity contribution < 1.29 is 33.8 Å². The minimum atomic E-state index is -1.20. The zero-order valence-electron chi connectivity index (χ0n) is 27.9. The maximum absolute atomic E-state index is 14.7. The molecule has 47 heavy (non-hydrogen) atoms. The van der Waals surface area contributed by atoms with Crippen LogP contribution in [0.1, 0.15) is 89.7 Å². The molecule has 1 spiro atoms. The van der Waals surface area contributed by atoms with Crippen molar-refractivity contribution in [2.75, 3.05) is 13.2 Å². The standard InChI is InChI=1S/C37H51N3O7/c1-5-8-19-29(42)38-24(4)32(25-15-11-9-12-16-25)46-36(45)30-28-20-21-37(47-28)31(30)34(43)40(26(7-3)23-41)33(37)35(44)39(22-6-2)27-17-13-10-14-18-27/h5-6,9,11-12,15-16,24,26-28,30-33,41H,1-2,7-8,10,13-14,17-23H2,3-4H3,(H,38,42)/t24-,26+,28+,30-,31-,32-,33+,37-/m1/s1. The zero-order chi connectivity index (χ0) is 33.7. The molecule has 1 aliphatic carbocycles. The molecule has 10 heteroatoms. The number of nitrogens with zero attached hydrogens (tertiary/aromatic N) is 2. The van der Waals surface area contributed by atoms with Crippen molar-refractivity contribution in [3.05, 3.63) is 61.2 Å². The molecule has 3 heterocycles. The van der Waals surface area contributed by atoms with E-state index in [0.29, 0.717) is 37.8 Å². The van der Waals surface area contributed by atoms with Crippen LogP contribution in [0.5, 0.6) is 0 Å². The van der Waals surface area contributed by atoms with Gasteiger partial charge in [0.25, 0.3) is 0 Å². The lowest BCUT2D eigenvalue weighted by molar-refractivity contribution is -0.162. The zero-order valence-corrected chi connectivity index (χ0v) is 27.9. The number of fused-ring (bicyclic) bond motifs is 1. The summed E-state index contributed by atoms with van der Waals surface area (Å²) in [6, 6.07) is 7.14. The molecule has 2 N–H and O–H groups in total. The summed E-state index contributed by atoms with van der Waals surface area (Å²) >= 11 is 0. The van der Waals surface area contributed by atoms with Gasteiger partial charge in [-0.2, -0.15) is 0 Å². The Bertz CT molecular complexity index is 1310. The molecule has 3 saturated heterocycles. The van der Waals surface area contributed by atoms with Gasteiger partial charge < -0.3 is 29.7 Å². The van der Waals surface area contributed by atoms with Crippen molar-refractivity contribution in [1.82, 2.24) is 15.1 Å². The molecule has 256 valence electrons. The second kappa shape index (κ2) is 15.2. The van der Waals surface area contributed by atoms with E-state index in [0.717, 1.165) is 32.1 Å². The monoisotopic (exact) mass is 649 g/mol. The lowest BCUT2D eigenvalue weighted by atomic mass is 9.70. The Labute approximate surface area is 278 Å². The highest BCUT2D eigenvalue weighted by molar-refractivity contribution is 5.98. The first-order valence-corrected chi connectivity index (χ1v) is 17.4. The SMILES string of the molecule is C=CCCC(=O)N[C@H](C)[C@@H](OC(=O)[C@@H]1[C@@H]2CC[C@]3(O2)[C@H](C(=O)N(CC=C)C2CCCCC2)N([C@@H](CC)CO)C(=O)[C@@H]13)c1ccccc1. The van der Waals surface area contributed by atoms with Crippen molar-refractivity contribution in [2.45, 2.75) is 120 Å². The van der Waals surface area contributed by atoms with Gasteiger partial charge in [0.05, 0.1) is 36.6 Å². The van der Waals surface area contributed by atoms with Crippen molar-refractivity contribution in [2.24, 2.45) is 11.8 Å². The van der Waals surface area contributed by atoms with Crippen LogP contribution in [0.15, 0.2) is 55.6 Å². The molecule has 0 unspecified atom stereocenters. The molecule has 4 fully saturated rings. The van der Waals surface area contributed by atoms with Crippen LogP contribution in [0, 0.1) is 11.8 Å². The number of ether oxygens (including phenoxy) is 2. The van der Waals surface area contributed by atoms with Crippen molar-refractivity contribution in [1.29, 1.82) is 0 Å². The van der Waals surface area contributed by atoms with Crippen molar-refractivity contribution >= 4 is 23.7 Å². The van der Waals surface area contributed by atoms with Crippen LogP contribution in [-0.4, -0.2) is 87.6 Å². The molecule has 0 radical (unpaired) electrons. The maximum atomic E-state index is 14.7. The number of carbonyl (C=O) groups excluding carboxylic acids is 4. The summed E-state index contributed by atoms with van der Waals surface area (Å²) in [5.41, 5.74) is -0.492. The first-order chi connectivity index (χ1) is 22.7. The molecular weight excluding hydrogens is 598 g/mol. The number of hydrogen-bond donors (Lipinski definition) is 2. The molecule has 0 aromatic heterocycles. The fourth-order valence-electron chi connectivity index (χ4n) is 8.49. The Balaban J connectivity index is 1.47. The fourth-order valence-corrected chi connectivity index (χ4v) is 8.49. The predicted octanol–water partition coefficient (Wildman–Crippen LogP) is 4.23. The van der Waals surface area contributed by atoms with Gasteiger partial charge in [-0.25, -0.2) is 0 Å². The van der Waals surface area contributed by atoms with Crippen LogP contribution in [0.25, 0.3) is 0 Å². The third-order valence-corrected chi connectivity index (χ3v) is 10.7. The molecule has 1 aromatic rings. The van der Waals surface area contributed by atoms with Gasteiger partial charge in [0.15, 0.2) is 0 Å². The number of benzene rings is 1. The van der Waals surface area contributed by atoms with Crippen molar-refractivity contribution in [3.8, 4) is 0 Å². The Morgan fingerprint density at radius 2 is 1.87 bits per heavy atom. The van der Waals surface area contributed by atoms with E-state index in [-0.39, 0.29) is 36.8 Å². The summed E-state index contributed by atoms with van der Waals surface area (Å²) in [6.45, 7) is 11.3. The van der Waals surface area contributed by atoms with Gasteiger partial charge in [0.1, 0.15) is 17.7 Å². The van der Waals surface area contributed by atoms with Gasteiger partial charge in [0.2, 0.25) is 17.7 Å². The third kappa shape index (κ3) is 6.64. The number of aliphatic hydroxyl groups is 1. The van der Waals surface area contributed by atoms with E-state index in [4.69, 9.17) is 9.47 Å². The first kappa shape index (κ1) is 34.8. The Morgan fingerprint density at radius 1 is 1.15 bits per heavy atom. The lowest BCUT2D eigenvalue weighted by Crippen LogP contribution is -2.60. The number of hydrogen-bond acceptors (Lipinski definition) is 7. The number of allylic oxidation sites excluding steroid dienone is 1. The summed E-state index contributed by atoms with van der Waals surface area (Å²) < 4.78 is 12.9. The van der Waals surface area contributed by atoms with Crippen LogP contribution in [0.3, 0.4) is 0 Å². The van der Waals surface area contributed by atoms with Gasteiger partial charge >= 0.3 is 5.97 Å². The number of aliphatic hydroxyl groups excluding tert-OH is 1. The van der Waals surface area contributed by atoms with E-state index >= 15 is 0 Å². The van der Waals surface area contributed by atoms with Crippen molar-refractivity contribution in [3.63, 3.8) is 0 Å². The summed E-state index contributed by atoms with van der Waals surface area (Å²) in [7, 11) is 0. The normalized spacial score (nSPS) is 28.7. The molecule has 2 bridgehead atoms. The van der Waals surface area contributed by atoms with E-state index in [2.05, 4.69) is 18.5 Å². The maximum Gasteiger partial charge on any atom is 0.313 e. The van der Waals surface area contributed by atoms with Gasteiger partial charge in [-0.1, -0.05) is 68.7 Å². The van der Waals surface area contributed by atoms with Crippen LogP contribution in [0.2, 0.25) is 0 Å². The molecular formula is C37H51N3O7. The molecule has 10 nitrogen and oxygen atoms in total.